The number of nitrogens with zero attached hydrogens (tertiary/aromatic N) is 1. The maximum Gasteiger partial charge on any atom is 0.336 e. The highest BCUT2D eigenvalue weighted by Gasteiger charge is 2.39. The third-order valence-electron chi connectivity index (χ3n) is 3.25. The number of hydrogen-bond donors (Lipinski definition) is 1. The van der Waals surface area contributed by atoms with Crippen LogP contribution in [0.5, 0.6) is 0 Å². The van der Waals surface area contributed by atoms with Crippen molar-refractivity contribution in [2.45, 2.75) is 46.6 Å². The fourth-order valence-corrected chi connectivity index (χ4v) is 2.55. The normalized spacial score (nSPS) is 28.6. The van der Waals surface area contributed by atoms with Gasteiger partial charge in [-0.15, -0.1) is 0 Å². The lowest BCUT2D eigenvalue weighted by Gasteiger charge is -2.05. The summed E-state index contributed by atoms with van der Waals surface area (Å²) in [4.78, 5) is 1.70. The van der Waals surface area contributed by atoms with Gasteiger partial charge in [0.25, 0.3) is 0 Å². The molecule has 2 unspecified atom stereocenters. The molecule has 0 radical (unpaired) electrons. The molecule has 0 spiro atoms. The quantitative estimate of drug-likeness (QED) is 0.609. The minimum absolute atomic E-state index is 0.801. The van der Waals surface area contributed by atoms with Crippen molar-refractivity contribution in [3.63, 3.8) is 0 Å². The van der Waals surface area contributed by atoms with E-state index in [1.54, 1.807) is 10.7 Å². The SMILES string of the molecule is CCC1=[N+](CC)C(CC)C[NH+]1CC. The smallest absolute Gasteiger partial charge is 0.246 e. The summed E-state index contributed by atoms with van der Waals surface area (Å²) in [6.07, 6.45) is 2.51. The van der Waals surface area contributed by atoms with E-state index in [-0.39, 0.29) is 0 Å². The number of amidine groups is 1. The van der Waals surface area contributed by atoms with Crippen LogP contribution >= 0.6 is 0 Å². The molecule has 13 heavy (non-hydrogen) atoms. The highest BCUT2D eigenvalue weighted by molar-refractivity contribution is 5.68. The van der Waals surface area contributed by atoms with Crippen LogP contribution < -0.4 is 4.90 Å². The maximum atomic E-state index is 2.61. The van der Waals surface area contributed by atoms with Gasteiger partial charge in [0.2, 0.25) is 6.04 Å². The lowest BCUT2D eigenvalue weighted by atomic mass is 10.2. The average molecular weight is 184 g/mol. The Bertz CT molecular complexity index is 176. The van der Waals surface area contributed by atoms with E-state index >= 15 is 0 Å². The Hall–Kier alpha value is -0.370. The molecule has 2 atom stereocenters. The van der Waals surface area contributed by atoms with Crippen LogP contribution in [-0.4, -0.2) is 36.1 Å². The van der Waals surface area contributed by atoms with Gasteiger partial charge in [-0.3, -0.25) is 0 Å². The molecule has 2 nitrogen and oxygen atoms in total. The number of likely N-dealkylation sites (N-methyl/N-ethyl adjacent to an activating group) is 2. The van der Waals surface area contributed by atoms with Crippen LogP contribution in [0.4, 0.5) is 0 Å². The topological polar surface area (TPSA) is 7.45 Å². The molecule has 0 saturated heterocycles. The Kier molecular flexibility index (Phi) is 3.91. The molecule has 1 rings (SSSR count). The first kappa shape index (κ1) is 10.7. The van der Waals surface area contributed by atoms with E-state index in [0.717, 1.165) is 6.04 Å². The van der Waals surface area contributed by atoms with Crippen molar-refractivity contribution in [3.8, 4) is 0 Å². The molecule has 0 amide bonds. The highest BCUT2D eigenvalue weighted by Crippen LogP contribution is 2.01. The second-order valence-electron chi connectivity index (χ2n) is 3.81. The van der Waals surface area contributed by atoms with E-state index in [0.29, 0.717) is 0 Å². The summed E-state index contributed by atoms with van der Waals surface area (Å²) in [5.41, 5.74) is 0. The standard InChI is InChI=1S/C11H23N2/c1-5-10-9-12(7-3)11(6-2)13(10)8-4/h10H,5-9H2,1-4H3/q+1/p+1. The summed E-state index contributed by atoms with van der Waals surface area (Å²) in [6.45, 7) is 12.9. The third kappa shape index (κ3) is 1.93. The van der Waals surface area contributed by atoms with Gasteiger partial charge in [-0.25, -0.2) is 4.90 Å². The van der Waals surface area contributed by atoms with Gasteiger partial charge in [0.05, 0.1) is 13.0 Å². The lowest BCUT2D eigenvalue weighted by molar-refractivity contribution is -0.801. The van der Waals surface area contributed by atoms with Gasteiger partial charge < -0.3 is 0 Å². The van der Waals surface area contributed by atoms with E-state index in [4.69, 9.17) is 0 Å². The van der Waals surface area contributed by atoms with Gasteiger partial charge >= 0.3 is 5.84 Å². The van der Waals surface area contributed by atoms with E-state index in [1.165, 1.54) is 32.5 Å². The Balaban J connectivity index is 2.84. The second kappa shape index (κ2) is 4.75. The maximum absolute atomic E-state index is 2.61. The molecular weight excluding hydrogens is 160 g/mol. The first-order chi connectivity index (χ1) is 6.28. The summed E-state index contributed by atoms with van der Waals surface area (Å²) in [6, 6.07) is 0.801. The number of quaternary nitrogens is 1. The molecule has 1 heterocycles. The molecule has 0 aromatic rings. The van der Waals surface area contributed by atoms with E-state index in [1.807, 2.05) is 0 Å². The van der Waals surface area contributed by atoms with Crippen LogP contribution in [0.3, 0.4) is 0 Å². The monoisotopic (exact) mass is 184 g/mol. The zero-order valence-corrected chi connectivity index (χ0v) is 9.56. The van der Waals surface area contributed by atoms with Gasteiger partial charge in [-0.2, -0.15) is 4.58 Å². The van der Waals surface area contributed by atoms with E-state index in [2.05, 4.69) is 32.3 Å². The van der Waals surface area contributed by atoms with Crippen molar-refractivity contribution >= 4 is 5.84 Å². The second-order valence-corrected chi connectivity index (χ2v) is 3.81. The Morgan fingerprint density at radius 2 is 2.00 bits per heavy atom. The fourth-order valence-electron chi connectivity index (χ4n) is 2.55. The molecule has 1 N–H and O–H groups in total. The minimum Gasteiger partial charge on any atom is -0.246 e. The molecular formula is C11H24N2+2. The summed E-state index contributed by atoms with van der Waals surface area (Å²) in [5.74, 6) is 1.64. The van der Waals surface area contributed by atoms with Crippen molar-refractivity contribution in [3.05, 3.63) is 0 Å². The van der Waals surface area contributed by atoms with E-state index < -0.39 is 0 Å². The van der Waals surface area contributed by atoms with Gasteiger partial charge in [-0.05, 0) is 20.8 Å². The van der Waals surface area contributed by atoms with Gasteiger partial charge in [0.1, 0.15) is 13.1 Å². The van der Waals surface area contributed by atoms with Gasteiger partial charge in [0, 0.05) is 6.42 Å². The molecule has 1 aliphatic heterocycles. The summed E-state index contributed by atoms with van der Waals surface area (Å²) in [5, 5.41) is 0. The predicted molar refractivity (Wildman–Crippen MR) is 56.5 cm³/mol. The van der Waals surface area contributed by atoms with Crippen LogP contribution in [0.15, 0.2) is 0 Å². The Morgan fingerprint density at radius 3 is 2.38 bits per heavy atom. The summed E-state index contributed by atoms with van der Waals surface area (Å²) in [7, 11) is 0. The Labute approximate surface area is 82.2 Å². The van der Waals surface area contributed by atoms with Crippen LogP contribution in [0.25, 0.3) is 0 Å². The van der Waals surface area contributed by atoms with Crippen LogP contribution in [-0.2, 0) is 0 Å². The third-order valence-corrected chi connectivity index (χ3v) is 3.25. The molecule has 0 aromatic carbocycles. The largest absolute Gasteiger partial charge is 0.336 e. The predicted octanol–water partition coefficient (Wildman–Crippen LogP) is 0.524. The first-order valence-electron chi connectivity index (χ1n) is 5.75. The van der Waals surface area contributed by atoms with Crippen LogP contribution in [0.2, 0.25) is 0 Å². The highest BCUT2D eigenvalue weighted by atomic mass is 15.3. The minimum atomic E-state index is 0.801. The van der Waals surface area contributed by atoms with Gasteiger partial charge in [0.15, 0.2) is 0 Å². The number of nitrogens with one attached hydrogen (secondary N) is 1. The molecule has 0 aliphatic carbocycles. The summed E-state index contributed by atoms with van der Waals surface area (Å²) < 4.78 is 2.61. The number of hydrogen-bond acceptors (Lipinski definition) is 0. The van der Waals surface area contributed by atoms with E-state index in [9.17, 15) is 0 Å². The average Bonchev–Trinajstić information content (AvgIpc) is 2.54. The molecule has 0 saturated carbocycles. The van der Waals surface area contributed by atoms with Crippen LogP contribution in [0.1, 0.15) is 40.5 Å². The van der Waals surface area contributed by atoms with Gasteiger partial charge in [-0.1, -0.05) is 6.92 Å². The van der Waals surface area contributed by atoms with Crippen molar-refractivity contribution in [2.24, 2.45) is 0 Å². The molecule has 0 fully saturated rings. The number of rotatable bonds is 4. The zero-order valence-electron chi connectivity index (χ0n) is 9.56. The molecule has 76 valence electrons. The van der Waals surface area contributed by atoms with Crippen LogP contribution in [0, 0.1) is 0 Å². The fraction of sp³-hybridized carbons (Fsp3) is 0.909. The van der Waals surface area contributed by atoms with Crippen molar-refractivity contribution in [1.29, 1.82) is 0 Å². The molecule has 1 aliphatic rings. The van der Waals surface area contributed by atoms with Crippen molar-refractivity contribution in [1.82, 2.24) is 0 Å². The molecule has 0 aromatic heterocycles. The summed E-state index contributed by atoms with van der Waals surface area (Å²) >= 11 is 0. The zero-order chi connectivity index (χ0) is 9.84. The molecule has 0 bridgehead atoms. The van der Waals surface area contributed by atoms with Crippen molar-refractivity contribution in [2.75, 3.05) is 19.6 Å². The Morgan fingerprint density at radius 1 is 1.31 bits per heavy atom. The first-order valence-corrected chi connectivity index (χ1v) is 5.75. The van der Waals surface area contributed by atoms with Crippen molar-refractivity contribution < 1.29 is 9.48 Å². The molecule has 2 heteroatoms. The lowest BCUT2D eigenvalue weighted by Crippen LogP contribution is -3.13.